The molecule has 0 N–H and O–H groups in total. The van der Waals surface area contributed by atoms with E-state index in [-0.39, 0.29) is 19.0 Å². The van der Waals surface area contributed by atoms with Crippen molar-refractivity contribution in [3.63, 3.8) is 0 Å². The Labute approximate surface area is 151 Å². The molecular weight excluding hydrogens is 336 g/mol. The summed E-state index contributed by atoms with van der Waals surface area (Å²) < 4.78 is 21.1. The summed E-state index contributed by atoms with van der Waals surface area (Å²) in [4.78, 5) is 24.0. The smallest absolute Gasteiger partial charge is 0.302 e. The van der Waals surface area contributed by atoms with E-state index in [9.17, 15) is 9.59 Å². The first-order valence-corrected chi connectivity index (χ1v) is 8.28. The van der Waals surface area contributed by atoms with Crippen LogP contribution in [0.3, 0.4) is 0 Å². The first kappa shape index (κ1) is 17.8. The van der Waals surface area contributed by atoms with Crippen LogP contribution >= 0.6 is 0 Å². The third-order valence-electron chi connectivity index (χ3n) is 4.06. The second-order valence-corrected chi connectivity index (χ2v) is 5.98. The molecule has 0 fully saturated rings. The lowest BCUT2D eigenvalue weighted by atomic mass is 9.99. The van der Waals surface area contributed by atoms with Crippen molar-refractivity contribution in [3.8, 4) is 17.2 Å². The topological polar surface area (TPSA) is 71.1 Å². The standard InChI is InChI=1S/C20H20O6/c1-13(21)26-17(9-14-3-8-19-20(10-14)25-12-24-19)11-18(22)15-4-6-16(23-2)7-5-15/h3-8,10,17H,9,11-12H2,1-2H3/t17-/m1/s1. The summed E-state index contributed by atoms with van der Waals surface area (Å²) in [7, 11) is 1.57. The molecule has 0 aliphatic carbocycles. The molecule has 3 rings (SSSR count). The first-order chi connectivity index (χ1) is 12.5. The zero-order chi connectivity index (χ0) is 18.5. The molecule has 0 aromatic heterocycles. The lowest BCUT2D eigenvalue weighted by molar-refractivity contribution is -0.146. The highest BCUT2D eigenvalue weighted by molar-refractivity contribution is 5.96. The number of esters is 1. The summed E-state index contributed by atoms with van der Waals surface area (Å²) in [6, 6.07) is 12.4. The fraction of sp³-hybridized carbons (Fsp3) is 0.300. The van der Waals surface area contributed by atoms with Crippen LogP contribution in [0.5, 0.6) is 17.2 Å². The Morgan fingerprint density at radius 2 is 1.81 bits per heavy atom. The molecule has 2 aromatic carbocycles. The van der Waals surface area contributed by atoms with Crippen molar-refractivity contribution in [1.29, 1.82) is 0 Å². The predicted molar refractivity (Wildman–Crippen MR) is 93.8 cm³/mol. The molecule has 1 atom stereocenters. The van der Waals surface area contributed by atoms with E-state index in [4.69, 9.17) is 18.9 Å². The van der Waals surface area contributed by atoms with Crippen LogP contribution in [0.4, 0.5) is 0 Å². The molecule has 136 valence electrons. The van der Waals surface area contributed by atoms with Crippen LogP contribution in [0.1, 0.15) is 29.3 Å². The van der Waals surface area contributed by atoms with Crippen molar-refractivity contribution in [2.75, 3.05) is 13.9 Å². The highest BCUT2D eigenvalue weighted by Crippen LogP contribution is 2.33. The molecule has 0 bridgehead atoms. The number of hydrogen-bond donors (Lipinski definition) is 0. The van der Waals surface area contributed by atoms with Gasteiger partial charge in [0.2, 0.25) is 6.79 Å². The first-order valence-electron chi connectivity index (χ1n) is 8.28. The third kappa shape index (κ3) is 4.33. The van der Waals surface area contributed by atoms with Crippen molar-refractivity contribution in [2.45, 2.75) is 25.9 Å². The van der Waals surface area contributed by atoms with E-state index < -0.39 is 12.1 Å². The molecule has 1 aliphatic rings. The highest BCUT2D eigenvalue weighted by Gasteiger charge is 2.21. The maximum Gasteiger partial charge on any atom is 0.302 e. The van der Waals surface area contributed by atoms with Crippen LogP contribution in [0, 0.1) is 0 Å². The maximum absolute atomic E-state index is 12.5. The molecule has 0 saturated heterocycles. The van der Waals surface area contributed by atoms with Gasteiger partial charge in [0.15, 0.2) is 17.3 Å². The van der Waals surface area contributed by atoms with Gasteiger partial charge in [0, 0.05) is 25.3 Å². The predicted octanol–water partition coefficient (Wildman–Crippen LogP) is 3.17. The highest BCUT2D eigenvalue weighted by atomic mass is 16.7. The van der Waals surface area contributed by atoms with Crippen molar-refractivity contribution >= 4 is 11.8 Å². The van der Waals surface area contributed by atoms with Crippen LogP contribution in [0.25, 0.3) is 0 Å². The summed E-state index contributed by atoms with van der Waals surface area (Å²) in [5.41, 5.74) is 1.46. The van der Waals surface area contributed by atoms with Crippen molar-refractivity contribution in [3.05, 3.63) is 53.6 Å². The second kappa shape index (κ2) is 7.91. The Kier molecular flexibility index (Phi) is 5.41. The lowest BCUT2D eigenvalue weighted by Gasteiger charge is -2.17. The molecule has 0 spiro atoms. The van der Waals surface area contributed by atoms with Gasteiger partial charge in [-0.05, 0) is 42.0 Å². The summed E-state index contributed by atoms with van der Waals surface area (Å²) in [6.07, 6.45) is -0.0409. The van der Waals surface area contributed by atoms with Crippen molar-refractivity contribution < 1.29 is 28.5 Å². The second-order valence-electron chi connectivity index (χ2n) is 5.98. The largest absolute Gasteiger partial charge is 0.497 e. The van der Waals surface area contributed by atoms with Gasteiger partial charge in [-0.25, -0.2) is 0 Å². The molecule has 1 aliphatic heterocycles. The molecule has 26 heavy (non-hydrogen) atoms. The Balaban J connectivity index is 1.70. The molecule has 1 heterocycles. The minimum Gasteiger partial charge on any atom is -0.497 e. The van der Waals surface area contributed by atoms with E-state index in [0.717, 1.165) is 5.56 Å². The van der Waals surface area contributed by atoms with Gasteiger partial charge in [-0.2, -0.15) is 0 Å². The number of hydrogen-bond acceptors (Lipinski definition) is 6. The Bertz CT molecular complexity index is 796. The van der Waals surface area contributed by atoms with E-state index in [1.165, 1.54) is 6.92 Å². The van der Waals surface area contributed by atoms with E-state index in [1.807, 2.05) is 18.2 Å². The number of rotatable bonds is 7. The van der Waals surface area contributed by atoms with E-state index >= 15 is 0 Å². The van der Waals surface area contributed by atoms with Gasteiger partial charge < -0.3 is 18.9 Å². The fourth-order valence-electron chi connectivity index (χ4n) is 2.82. The van der Waals surface area contributed by atoms with E-state index in [2.05, 4.69) is 0 Å². The normalized spacial score (nSPS) is 13.2. The van der Waals surface area contributed by atoms with Gasteiger partial charge in [-0.15, -0.1) is 0 Å². The molecular formula is C20H20O6. The fourth-order valence-corrected chi connectivity index (χ4v) is 2.82. The molecule has 0 amide bonds. The van der Waals surface area contributed by atoms with Gasteiger partial charge in [-0.3, -0.25) is 9.59 Å². The molecule has 0 radical (unpaired) electrons. The van der Waals surface area contributed by atoms with Crippen LogP contribution in [0.15, 0.2) is 42.5 Å². The number of carbonyl (C=O) groups excluding carboxylic acids is 2. The van der Waals surface area contributed by atoms with Crippen LogP contribution in [-0.4, -0.2) is 31.8 Å². The molecule has 0 unspecified atom stereocenters. The number of methoxy groups -OCH3 is 1. The van der Waals surface area contributed by atoms with Gasteiger partial charge in [0.05, 0.1) is 7.11 Å². The van der Waals surface area contributed by atoms with Gasteiger partial charge in [-0.1, -0.05) is 6.07 Å². The summed E-state index contributed by atoms with van der Waals surface area (Å²) in [5, 5.41) is 0. The van der Waals surface area contributed by atoms with E-state index in [0.29, 0.717) is 29.2 Å². The number of benzene rings is 2. The number of fused-ring (bicyclic) bond motifs is 1. The molecule has 6 nitrogen and oxygen atoms in total. The van der Waals surface area contributed by atoms with E-state index in [1.54, 1.807) is 31.4 Å². The maximum atomic E-state index is 12.5. The Morgan fingerprint density at radius 3 is 2.50 bits per heavy atom. The van der Waals surface area contributed by atoms with Gasteiger partial charge >= 0.3 is 5.97 Å². The number of Topliss-reactive ketones (excluding diaryl/α,β-unsaturated/α-hetero) is 1. The van der Waals surface area contributed by atoms with Crippen LogP contribution < -0.4 is 14.2 Å². The number of ketones is 1. The summed E-state index contributed by atoms with van der Waals surface area (Å²) in [6.45, 7) is 1.53. The minimum atomic E-state index is -0.553. The van der Waals surface area contributed by atoms with Crippen molar-refractivity contribution in [2.24, 2.45) is 0 Å². The minimum absolute atomic E-state index is 0.0975. The monoisotopic (exact) mass is 356 g/mol. The molecule has 0 saturated carbocycles. The zero-order valence-electron chi connectivity index (χ0n) is 14.7. The average molecular weight is 356 g/mol. The zero-order valence-corrected chi connectivity index (χ0v) is 14.7. The number of carbonyl (C=O) groups is 2. The van der Waals surface area contributed by atoms with Gasteiger partial charge in [0.25, 0.3) is 0 Å². The van der Waals surface area contributed by atoms with Crippen LogP contribution in [0.2, 0.25) is 0 Å². The quantitative estimate of drug-likeness (QED) is 0.561. The SMILES string of the molecule is COc1ccc(C(=O)C[C@@H](Cc2ccc3c(c2)OCO3)OC(C)=O)cc1. The van der Waals surface area contributed by atoms with Crippen molar-refractivity contribution in [1.82, 2.24) is 0 Å². The Hall–Kier alpha value is -3.02. The lowest BCUT2D eigenvalue weighted by Crippen LogP contribution is -2.23. The van der Waals surface area contributed by atoms with Gasteiger partial charge in [0.1, 0.15) is 11.9 Å². The average Bonchev–Trinajstić information content (AvgIpc) is 3.09. The molecule has 6 heteroatoms. The Morgan fingerprint density at radius 1 is 1.08 bits per heavy atom. The number of ether oxygens (including phenoxy) is 4. The van der Waals surface area contributed by atoms with Crippen LogP contribution in [-0.2, 0) is 16.0 Å². The summed E-state index contributed by atoms with van der Waals surface area (Å²) in [5.74, 6) is 1.51. The summed E-state index contributed by atoms with van der Waals surface area (Å²) >= 11 is 0. The third-order valence-corrected chi connectivity index (χ3v) is 4.06. The molecule has 2 aromatic rings.